The summed E-state index contributed by atoms with van der Waals surface area (Å²) < 4.78 is 19.6. The lowest BCUT2D eigenvalue weighted by atomic mass is 9.89. The van der Waals surface area contributed by atoms with Crippen LogP contribution >= 0.6 is 0 Å². The van der Waals surface area contributed by atoms with Crippen LogP contribution in [0.3, 0.4) is 0 Å². The fraction of sp³-hybridized carbons (Fsp3) is 0.700. The molecule has 2 saturated heterocycles. The Balaban J connectivity index is 1.63. The predicted octanol–water partition coefficient (Wildman–Crippen LogP) is 1.47. The van der Waals surface area contributed by atoms with Gasteiger partial charge in [-0.1, -0.05) is 0 Å². The van der Waals surface area contributed by atoms with Gasteiger partial charge in [0.15, 0.2) is 17.6 Å². The molecule has 8 heteroatoms. The fourth-order valence-electron chi connectivity index (χ4n) is 3.92. The quantitative estimate of drug-likeness (QED) is 0.565. The van der Waals surface area contributed by atoms with E-state index in [0.717, 1.165) is 58.1 Å². The van der Waals surface area contributed by atoms with Crippen molar-refractivity contribution in [1.29, 1.82) is 0 Å². The van der Waals surface area contributed by atoms with Gasteiger partial charge in [-0.3, -0.25) is 4.99 Å². The van der Waals surface area contributed by atoms with Gasteiger partial charge in [0.25, 0.3) is 0 Å². The van der Waals surface area contributed by atoms with Crippen molar-refractivity contribution >= 4 is 11.8 Å². The first kappa shape index (κ1) is 20.8. The zero-order valence-corrected chi connectivity index (χ0v) is 17.2. The Bertz CT molecular complexity index is 662. The van der Waals surface area contributed by atoms with E-state index in [1.54, 1.807) is 12.3 Å². The maximum absolute atomic E-state index is 14.0. The highest BCUT2D eigenvalue weighted by atomic mass is 19.1. The fourth-order valence-corrected chi connectivity index (χ4v) is 3.92. The van der Waals surface area contributed by atoms with Crippen LogP contribution in [0.4, 0.5) is 10.2 Å². The number of nitrogens with one attached hydrogen (secondary N) is 2. The van der Waals surface area contributed by atoms with E-state index in [1.165, 1.54) is 6.07 Å². The van der Waals surface area contributed by atoms with E-state index in [1.807, 2.05) is 4.90 Å². The summed E-state index contributed by atoms with van der Waals surface area (Å²) in [5, 5.41) is 6.88. The number of rotatable bonds is 6. The smallest absolute Gasteiger partial charge is 0.191 e. The van der Waals surface area contributed by atoms with Crippen LogP contribution in [0.15, 0.2) is 23.3 Å². The summed E-state index contributed by atoms with van der Waals surface area (Å²) >= 11 is 0. The zero-order chi connectivity index (χ0) is 20.0. The number of halogens is 1. The summed E-state index contributed by atoms with van der Waals surface area (Å²) in [7, 11) is 4.24. The van der Waals surface area contributed by atoms with Gasteiger partial charge in [-0.15, -0.1) is 0 Å². The van der Waals surface area contributed by atoms with Gasteiger partial charge >= 0.3 is 0 Å². The van der Waals surface area contributed by atoms with Gasteiger partial charge in [0.2, 0.25) is 0 Å². The molecule has 7 nitrogen and oxygen atoms in total. The van der Waals surface area contributed by atoms with Crippen LogP contribution < -0.4 is 15.5 Å². The van der Waals surface area contributed by atoms with Crippen molar-refractivity contribution in [3.63, 3.8) is 0 Å². The number of hydrogen-bond acceptors (Lipinski definition) is 5. The molecule has 28 heavy (non-hydrogen) atoms. The molecule has 1 unspecified atom stereocenters. The Labute approximate surface area is 167 Å². The Morgan fingerprint density at radius 2 is 2.21 bits per heavy atom. The standard InChI is InChI=1S/C20H33FN6O/c1-4-22-19(24-15-20(26(2)3)8-12-28-13-9-20)25-16-7-11-27(14-16)18-17(21)6-5-10-23-18/h5-6,10,16H,4,7-9,11-15H2,1-3H3,(H2,22,24,25). The van der Waals surface area contributed by atoms with Crippen LogP contribution in [-0.2, 0) is 4.74 Å². The minimum atomic E-state index is -0.267. The summed E-state index contributed by atoms with van der Waals surface area (Å²) in [6.45, 7) is 6.65. The predicted molar refractivity (Wildman–Crippen MR) is 110 cm³/mol. The summed E-state index contributed by atoms with van der Waals surface area (Å²) in [4.78, 5) is 13.4. The molecule has 0 saturated carbocycles. The molecule has 1 aromatic heterocycles. The number of aliphatic imine (C=N–C) groups is 1. The molecular formula is C20H33FN6O. The van der Waals surface area contributed by atoms with E-state index in [0.29, 0.717) is 12.4 Å². The highest BCUT2D eigenvalue weighted by Crippen LogP contribution is 2.26. The average Bonchev–Trinajstić information content (AvgIpc) is 3.15. The molecule has 2 N–H and O–H groups in total. The molecule has 0 aromatic carbocycles. The maximum atomic E-state index is 14.0. The lowest BCUT2D eigenvalue weighted by molar-refractivity contribution is -0.00255. The molecule has 0 spiro atoms. The van der Waals surface area contributed by atoms with Crippen LogP contribution in [0, 0.1) is 5.82 Å². The van der Waals surface area contributed by atoms with Crippen molar-refractivity contribution in [3.8, 4) is 0 Å². The molecule has 3 rings (SSSR count). The number of aromatic nitrogens is 1. The second kappa shape index (κ2) is 9.52. The molecule has 3 heterocycles. The SMILES string of the molecule is CCNC(=NCC1(N(C)C)CCOCC1)NC1CCN(c2ncccc2F)C1. The Morgan fingerprint density at radius 3 is 2.89 bits per heavy atom. The van der Waals surface area contributed by atoms with E-state index in [2.05, 4.69) is 41.5 Å². The summed E-state index contributed by atoms with van der Waals surface area (Å²) in [5.41, 5.74) is 0.0411. The first-order valence-electron chi connectivity index (χ1n) is 10.2. The molecule has 0 bridgehead atoms. The summed E-state index contributed by atoms with van der Waals surface area (Å²) in [5.74, 6) is 0.988. The largest absolute Gasteiger partial charge is 0.381 e. The van der Waals surface area contributed by atoms with Gasteiger partial charge in [0.05, 0.1) is 6.54 Å². The van der Waals surface area contributed by atoms with Gasteiger partial charge in [0.1, 0.15) is 0 Å². The number of pyridine rings is 1. The van der Waals surface area contributed by atoms with Gasteiger partial charge in [-0.2, -0.15) is 0 Å². The Kier molecular flexibility index (Phi) is 7.07. The summed E-state index contributed by atoms with van der Waals surface area (Å²) in [6, 6.07) is 3.30. The van der Waals surface area contributed by atoms with E-state index < -0.39 is 0 Å². The van der Waals surface area contributed by atoms with Crippen LogP contribution in [0.1, 0.15) is 26.2 Å². The number of nitrogens with zero attached hydrogens (tertiary/aromatic N) is 4. The molecule has 1 atom stereocenters. The molecule has 2 fully saturated rings. The van der Waals surface area contributed by atoms with Crippen LogP contribution in [0.25, 0.3) is 0 Å². The van der Waals surface area contributed by atoms with Crippen molar-refractivity contribution < 1.29 is 9.13 Å². The first-order valence-corrected chi connectivity index (χ1v) is 10.2. The molecule has 2 aliphatic rings. The molecule has 0 radical (unpaired) electrons. The van der Waals surface area contributed by atoms with Gasteiger partial charge in [0, 0.05) is 50.6 Å². The van der Waals surface area contributed by atoms with Crippen molar-refractivity contribution in [3.05, 3.63) is 24.1 Å². The number of hydrogen-bond donors (Lipinski definition) is 2. The second-order valence-electron chi connectivity index (χ2n) is 7.81. The Morgan fingerprint density at radius 1 is 1.43 bits per heavy atom. The minimum absolute atomic E-state index is 0.0411. The Hall–Kier alpha value is -1.93. The molecule has 0 aliphatic carbocycles. The van der Waals surface area contributed by atoms with Gasteiger partial charge in [-0.25, -0.2) is 9.37 Å². The van der Waals surface area contributed by atoms with Crippen LogP contribution in [-0.4, -0.2) is 80.9 Å². The zero-order valence-electron chi connectivity index (χ0n) is 17.2. The van der Waals surface area contributed by atoms with Crippen molar-refractivity contribution in [2.24, 2.45) is 4.99 Å². The normalized spacial score (nSPS) is 22.5. The second-order valence-corrected chi connectivity index (χ2v) is 7.81. The van der Waals surface area contributed by atoms with Crippen LogP contribution in [0.2, 0.25) is 0 Å². The van der Waals surface area contributed by atoms with E-state index >= 15 is 0 Å². The molecule has 2 aliphatic heterocycles. The molecular weight excluding hydrogens is 359 g/mol. The van der Waals surface area contributed by atoms with Crippen molar-refractivity contribution in [2.75, 3.05) is 58.4 Å². The lowest BCUT2D eigenvalue weighted by Gasteiger charge is -2.41. The average molecular weight is 393 g/mol. The van der Waals surface area contributed by atoms with Gasteiger partial charge in [-0.05, 0) is 52.4 Å². The number of ether oxygens (including phenoxy) is 1. The number of anilines is 1. The van der Waals surface area contributed by atoms with Crippen molar-refractivity contribution in [2.45, 2.75) is 37.8 Å². The summed E-state index contributed by atoms with van der Waals surface area (Å²) in [6.07, 6.45) is 4.53. The number of likely N-dealkylation sites (N-methyl/N-ethyl adjacent to an activating group) is 1. The van der Waals surface area contributed by atoms with E-state index in [4.69, 9.17) is 9.73 Å². The molecule has 1 aromatic rings. The monoisotopic (exact) mass is 392 g/mol. The maximum Gasteiger partial charge on any atom is 0.191 e. The third kappa shape index (κ3) is 4.91. The third-order valence-electron chi connectivity index (χ3n) is 5.82. The highest BCUT2D eigenvalue weighted by Gasteiger charge is 2.35. The topological polar surface area (TPSA) is 65.0 Å². The van der Waals surface area contributed by atoms with E-state index in [-0.39, 0.29) is 17.4 Å². The van der Waals surface area contributed by atoms with Crippen LogP contribution in [0.5, 0.6) is 0 Å². The minimum Gasteiger partial charge on any atom is -0.381 e. The molecule has 0 amide bonds. The van der Waals surface area contributed by atoms with E-state index in [9.17, 15) is 4.39 Å². The number of guanidine groups is 1. The first-order chi connectivity index (χ1) is 13.5. The highest BCUT2D eigenvalue weighted by molar-refractivity contribution is 5.80. The lowest BCUT2D eigenvalue weighted by Crippen LogP contribution is -2.52. The van der Waals surface area contributed by atoms with Crippen molar-refractivity contribution in [1.82, 2.24) is 20.5 Å². The van der Waals surface area contributed by atoms with Gasteiger partial charge < -0.3 is 25.2 Å². The third-order valence-corrected chi connectivity index (χ3v) is 5.82. The molecule has 156 valence electrons.